The number of aliphatic hydroxyl groups excluding tert-OH is 1. The van der Waals surface area contributed by atoms with Crippen LogP contribution in [0.25, 0.3) is 0 Å². The summed E-state index contributed by atoms with van der Waals surface area (Å²) in [5, 5.41) is 9.74. The number of methoxy groups -OCH3 is 1. The van der Waals surface area contributed by atoms with Gasteiger partial charge in [0.2, 0.25) is 0 Å². The average Bonchev–Trinajstić information content (AvgIpc) is 2.52. The second-order valence-electron chi connectivity index (χ2n) is 3.02. The van der Waals surface area contributed by atoms with Crippen LogP contribution >= 0.6 is 0 Å². The van der Waals surface area contributed by atoms with Gasteiger partial charge < -0.3 is 19.3 Å². The van der Waals surface area contributed by atoms with Crippen molar-refractivity contribution in [3.05, 3.63) is 25.3 Å². The van der Waals surface area contributed by atoms with E-state index in [9.17, 15) is 5.11 Å². The highest BCUT2D eigenvalue weighted by Crippen LogP contribution is 2.24. The molecule has 1 fully saturated rings. The Morgan fingerprint density at radius 1 is 1.50 bits per heavy atom. The lowest BCUT2D eigenvalue weighted by atomic mass is 10.1. The predicted molar refractivity (Wildman–Crippen MR) is 51.8 cm³/mol. The van der Waals surface area contributed by atoms with E-state index < -0.39 is 24.6 Å². The minimum Gasteiger partial charge on any atom is -0.387 e. The van der Waals surface area contributed by atoms with Crippen molar-refractivity contribution in [1.29, 1.82) is 0 Å². The topological polar surface area (TPSA) is 47.9 Å². The van der Waals surface area contributed by atoms with E-state index in [0.29, 0.717) is 6.61 Å². The van der Waals surface area contributed by atoms with Gasteiger partial charge in [0, 0.05) is 7.11 Å². The molecule has 0 aromatic rings. The van der Waals surface area contributed by atoms with Crippen LogP contribution in [0.2, 0.25) is 0 Å². The van der Waals surface area contributed by atoms with Gasteiger partial charge in [-0.25, -0.2) is 0 Å². The molecule has 4 heteroatoms. The van der Waals surface area contributed by atoms with Gasteiger partial charge in [0.1, 0.15) is 18.3 Å². The van der Waals surface area contributed by atoms with Crippen molar-refractivity contribution in [2.24, 2.45) is 0 Å². The fourth-order valence-electron chi connectivity index (χ4n) is 1.40. The van der Waals surface area contributed by atoms with Crippen molar-refractivity contribution in [3.8, 4) is 0 Å². The first kappa shape index (κ1) is 11.4. The van der Waals surface area contributed by atoms with Gasteiger partial charge in [-0.15, -0.1) is 13.2 Å². The van der Waals surface area contributed by atoms with Crippen LogP contribution in [-0.2, 0) is 14.2 Å². The lowest BCUT2D eigenvalue weighted by molar-refractivity contribution is -0.155. The minimum atomic E-state index is -0.739. The number of aliphatic hydroxyl groups is 1. The smallest absolute Gasteiger partial charge is 0.186 e. The maximum absolute atomic E-state index is 9.74. The number of ether oxygens (including phenoxy) is 3. The summed E-state index contributed by atoms with van der Waals surface area (Å²) in [6, 6.07) is 0. The summed E-state index contributed by atoms with van der Waals surface area (Å²) in [5.41, 5.74) is 0. The van der Waals surface area contributed by atoms with Gasteiger partial charge in [0.05, 0.1) is 6.61 Å². The second kappa shape index (κ2) is 5.26. The minimum absolute atomic E-state index is 0.356. The van der Waals surface area contributed by atoms with E-state index in [2.05, 4.69) is 13.2 Å². The van der Waals surface area contributed by atoms with Gasteiger partial charge >= 0.3 is 0 Å². The van der Waals surface area contributed by atoms with Gasteiger partial charge in [-0.1, -0.05) is 12.2 Å². The third kappa shape index (κ3) is 2.22. The average molecular weight is 200 g/mol. The number of hydrogen-bond acceptors (Lipinski definition) is 4. The largest absolute Gasteiger partial charge is 0.387 e. The van der Waals surface area contributed by atoms with E-state index in [1.165, 1.54) is 13.2 Å². The molecule has 0 unspecified atom stereocenters. The first-order chi connectivity index (χ1) is 6.74. The van der Waals surface area contributed by atoms with E-state index in [0.717, 1.165) is 0 Å². The van der Waals surface area contributed by atoms with Crippen LogP contribution in [0.4, 0.5) is 0 Å². The van der Waals surface area contributed by atoms with E-state index in [-0.39, 0.29) is 0 Å². The molecule has 1 N–H and O–H groups in total. The molecular weight excluding hydrogens is 184 g/mol. The van der Waals surface area contributed by atoms with Crippen LogP contribution in [0, 0.1) is 0 Å². The standard InChI is InChI=1S/C10H16O4/c1-4-6-13-9-8(11)7(5-2)14-10(9)12-3/h4-5,7-11H,1-2,6H2,3H3/t7-,8-,9-,10-/m1/s1. The molecule has 80 valence electrons. The van der Waals surface area contributed by atoms with Crippen LogP contribution in [0.15, 0.2) is 25.3 Å². The van der Waals surface area contributed by atoms with Crippen molar-refractivity contribution in [2.45, 2.75) is 24.6 Å². The molecule has 1 aliphatic rings. The fraction of sp³-hybridized carbons (Fsp3) is 0.600. The Balaban J connectivity index is 2.59. The van der Waals surface area contributed by atoms with E-state index in [1.807, 2.05) is 0 Å². The van der Waals surface area contributed by atoms with Crippen molar-refractivity contribution >= 4 is 0 Å². The summed E-state index contributed by atoms with van der Waals surface area (Å²) in [6.07, 6.45) is 0.940. The van der Waals surface area contributed by atoms with Crippen LogP contribution in [0.5, 0.6) is 0 Å². The first-order valence-corrected chi connectivity index (χ1v) is 4.46. The molecule has 0 amide bonds. The highest BCUT2D eigenvalue weighted by molar-refractivity contribution is 4.97. The normalized spacial score (nSPS) is 37.0. The summed E-state index contributed by atoms with van der Waals surface area (Å²) < 4.78 is 15.7. The SMILES string of the molecule is C=CCO[C@H]1[C@H](OC)O[C@H](C=C)[C@H]1O. The Bertz CT molecular complexity index is 204. The Kier molecular flexibility index (Phi) is 4.28. The summed E-state index contributed by atoms with van der Waals surface area (Å²) >= 11 is 0. The lowest BCUT2D eigenvalue weighted by Gasteiger charge is -2.18. The molecule has 1 saturated heterocycles. The predicted octanol–water partition coefficient (Wildman–Crippen LogP) is 0.476. The summed E-state index contributed by atoms with van der Waals surface area (Å²) in [4.78, 5) is 0. The summed E-state index contributed by atoms with van der Waals surface area (Å²) in [6.45, 7) is 7.44. The van der Waals surface area contributed by atoms with Gasteiger partial charge in [0.25, 0.3) is 0 Å². The fourth-order valence-corrected chi connectivity index (χ4v) is 1.40. The van der Waals surface area contributed by atoms with Gasteiger partial charge in [-0.2, -0.15) is 0 Å². The van der Waals surface area contributed by atoms with Crippen molar-refractivity contribution in [3.63, 3.8) is 0 Å². The number of hydrogen-bond donors (Lipinski definition) is 1. The molecule has 1 heterocycles. The maximum Gasteiger partial charge on any atom is 0.186 e. The highest BCUT2D eigenvalue weighted by Gasteiger charge is 2.43. The van der Waals surface area contributed by atoms with Gasteiger partial charge in [-0.05, 0) is 0 Å². The third-order valence-corrected chi connectivity index (χ3v) is 2.10. The van der Waals surface area contributed by atoms with Crippen molar-refractivity contribution < 1.29 is 19.3 Å². The molecule has 1 aliphatic heterocycles. The zero-order valence-corrected chi connectivity index (χ0v) is 8.26. The summed E-state index contributed by atoms with van der Waals surface area (Å²) in [5.74, 6) is 0. The van der Waals surface area contributed by atoms with E-state index in [1.54, 1.807) is 6.08 Å². The quantitative estimate of drug-likeness (QED) is 0.656. The lowest BCUT2D eigenvalue weighted by Crippen LogP contribution is -2.35. The molecule has 0 aromatic heterocycles. The Morgan fingerprint density at radius 2 is 2.21 bits per heavy atom. The van der Waals surface area contributed by atoms with Crippen molar-refractivity contribution in [2.75, 3.05) is 13.7 Å². The molecule has 4 nitrogen and oxygen atoms in total. The Labute approximate surface area is 83.8 Å². The molecule has 0 spiro atoms. The van der Waals surface area contributed by atoms with Crippen LogP contribution in [0.3, 0.4) is 0 Å². The third-order valence-electron chi connectivity index (χ3n) is 2.10. The van der Waals surface area contributed by atoms with E-state index in [4.69, 9.17) is 14.2 Å². The number of rotatable bonds is 5. The second-order valence-corrected chi connectivity index (χ2v) is 3.02. The summed E-state index contributed by atoms with van der Waals surface area (Å²) in [7, 11) is 1.51. The van der Waals surface area contributed by atoms with Gasteiger partial charge in [-0.3, -0.25) is 0 Å². The molecule has 4 atom stereocenters. The van der Waals surface area contributed by atoms with Crippen LogP contribution in [0.1, 0.15) is 0 Å². The Morgan fingerprint density at radius 3 is 2.71 bits per heavy atom. The van der Waals surface area contributed by atoms with Crippen LogP contribution in [-0.4, -0.2) is 43.4 Å². The van der Waals surface area contributed by atoms with Crippen molar-refractivity contribution in [1.82, 2.24) is 0 Å². The monoisotopic (exact) mass is 200 g/mol. The molecule has 0 aliphatic carbocycles. The van der Waals surface area contributed by atoms with Gasteiger partial charge in [0.15, 0.2) is 6.29 Å². The zero-order chi connectivity index (χ0) is 10.6. The molecule has 1 rings (SSSR count). The molecule has 0 radical (unpaired) electrons. The molecule has 0 bridgehead atoms. The molecular formula is C10H16O4. The molecule has 0 aromatic carbocycles. The van der Waals surface area contributed by atoms with Crippen LogP contribution < -0.4 is 0 Å². The first-order valence-electron chi connectivity index (χ1n) is 4.46. The maximum atomic E-state index is 9.74. The Hall–Kier alpha value is -0.680. The molecule has 14 heavy (non-hydrogen) atoms. The highest BCUT2D eigenvalue weighted by atomic mass is 16.7. The zero-order valence-electron chi connectivity index (χ0n) is 8.26. The molecule has 0 saturated carbocycles. The van der Waals surface area contributed by atoms with E-state index >= 15 is 0 Å².